The zero-order chi connectivity index (χ0) is 21.9. The van der Waals surface area contributed by atoms with Crippen molar-refractivity contribution in [2.24, 2.45) is 0 Å². The van der Waals surface area contributed by atoms with Crippen molar-refractivity contribution >= 4 is 22.9 Å². The molecule has 0 aliphatic carbocycles. The van der Waals surface area contributed by atoms with Crippen LogP contribution in [0.4, 0.5) is 11.8 Å². The van der Waals surface area contributed by atoms with Crippen LogP contribution in [0.3, 0.4) is 0 Å². The van der Waals surface area contributed by atoms with Gasteiger partial charge in [-0.15, -0.1) is 0 Å². The van der Waals surface area contributed by atoms with Crippen LogP contribution in [0.2, 0.25) is 0 Å². The molecule has 0 spiro atoms. The Balaban J connectivity index is 1.37. The van der Waals surface area contributed by atoms with E-state index in [4.69, 9.17) is 24.6 Å². The fraction of sp³-hybridized carbons (Fsp3) is 0.292. The summed E-state index contributed by atoms with van der Waals surface area (Å²) in [4.78, 5) is 15.8. The highest BCUT2D eigenvalue weighted by Gasteiger charge is 2.24. The summed E-state index contributed by atoms with van der Waals surface area (Å²) in [6, 6.07) is 13.6. The van der Waals surface area contributed by atoms with Crippen LogP contribution in [0.15, 0.2) is 59.3 Å². The van der Waals surface area contributed by atoms with E-state index in [0.717, 1.165) is 54.5 Å². The standard InChI is InChI=1S/C24H25N5O3/c1-2-30-19-9-3-4-10-20(19)31-16-7-6-12-29(15-16)22-14-26-13-18(27-22)17-8-5-11-21-23(17)28-24(25)32-21/h3-5,8-11,13-14,16H,2,6-7,12,15H2,1H3,(H2,25,28). The van der Waals surface area contributed by atoms with Gasteiger partial charge in [-0.3, -0.25) is 4.98 Å². The molecule has 0 radical (unpaired) electrons. The highest BCUT2D eigenvalue weighted by molar-refractivity contribution is 5.90. The van der Waals surface area contributed by atoms with E-state index >= 15 is 0 Å². The molecule has 2 aromatic heterocycles. The third-order valence-electron chi connectivity index (χ3n) is 5.48. The lowest BCUT2D eigenvalue weighted by atomic mass is 10.1. The Hall–Kier alpha value is -3.81. The normalized spacial score (nSPS) is 16.3. The van der Waals surface area contributed by atoms with Crippen LogP contribution < -0.4 is 20.1 Å². The molecule has 32 heavy (non-hydrogen) atoms. The Morgan fingerprint density at radius 3 is 2.84 bits per heavy atom. The summed E-state index contributed by atoms with van der Waals surface area (Å²) < 4.78 is 17.5. The minimum Gasteiger partial charge on any atom is -0.490 e. The second kappa shape index (κ2) is 8.74. The molecule has 2 N–H and O–H groups in total. The third-order valence-corrected chi connectivity index (χ3v) is 5.48. The molecule has 8 nitrogen and oxygen atoms in total. The van der Waals surface area contributed by atoms with Gasteiger partial charge in [0.2, 0.25) is 0 Å². The van der Waals surface area contributed by atoms with E-state index in [1.54, 1.807) is 12.4 Å². The number of nitrogen functional groups attached to an aromatic ring is 1. The third kappa shape index (κ3) is 4.03. The van der Waals surface area contributed by atoms with Gasteiger partial charge >= 0.3 is 0 Å². The molecule has 2 aromatic carbocycles. The van der Waals surface area contributed by atoms with Crippen LogP contribution >= 0.6 is 0 Å². The highest BCUT2D eigenvalue weighted by atomic mass is 16.5. The van der Waals surface area contributed by atoms with E-state index in [0.29, 0.717) is 17.7 Å². The van der Waals surface area contributed by atoms with Crippen molar-refractivity contribution in [3.63, 3.8) is 0 Å². The van der Waals surface area contributed by atoms with Crippen molar-refractivity contribution in [1.82, 2.24) is 15.0 Å². The molecule has 0 bridgehead atoms. The number of hydrogen-bond donors (Lipinski definition) is 1. The first-order chi connectivity index (χ1) is 15.7. The molecule has 0 amide bonds. The smallest absolute Gasteiger partial charge is 0.293 e. The Morgan fingerprint density at radius 1 is 1.09 bits per heavy atom. The van der Waals surface area contributed by atoms with Crippen molar-refractivity contribution in [1.29, 1.82) is 0 Å². The van der Waals surface area contributed by atoms with Crippen molar-refractivity contribution in [2.45, 2.75) is 25.9 Å². The monoisotopic (exact) mass is 431 g/mol. The Labute approximate surface area is 186 Å². The quantitative estimate of drug-likeness (QED) is 0.482. The zero-order valence-electron chi connectivity index (χ0n) is 17.9. The number of fused-ring (bicyclic) bond motifs is 1. The summed E-state index contributed by atoms with van der Waals surface area (Å²) in [5.74, 6) is 2.35. The van der Waals surface area contributed by atoms with E-state index in [1.165, 1.54) is 0 Å². The van der Waals surface area contributed by atoms with Gasteiger partial charge in [0, 0.05) is 12.1 Å². The minimum absolute atomic E-state index is 0.0367. The summed E-state index contributed by atoms with van der Waals surface area (Å²) in [6.45, 7) is 4.19. The first-order valence-corrected chi connectivity index (χ1v) is 10.8. The lowest BCUT2D eigenvalue weighted by molar-refractivity contribution is 0.170. The fourth-order valence-corrected chi connectivity index (χ4v) is 4.05. The molecule has 3 heterocycles. The van der Waals surface area contributed by atoms with Gasteiger partial charge in [0.1, 0.15) is 17.4 Å². The molecule has 1 aliphatic heterocycles. The number of ether oxygens (including phenoxy) is 2. The Kier molecular flexibility index (Phi) is 5.49. The van der Waals surface area contributed by atoms with Gasteiger partial charge in [-0.1, -0.05) is 24.3 Å². The summed E-state index contributed by atoms with van der Waals surface area (Å²) >= 11 is 0. The van der Waals surface area contributed by atoms with E-state index in [1.807, 2.05) is 49.4 Å². The molecule has 5 rings (SSSR count). The van der Waals surface area contributed by atoms with Gasteiger partial charge in [0.15, 0.2) is 17.1 Å². The minimum atomic E-state index is 0.0367. The number of piperidine rings is 1. The number of oxazole rings is 1. The molecular weight excluding hydrogens is 406 g/mol. The van der Waals surface area contributed by atoms with Gasteiger partial charge in [-0.05, 0) is 38.0 Å². The van der Waals surface area contributed by atoms with E-state index in [9.17, 15) is 0 Å². The van der Waals surface area contributed by atoms with Gasteiger partial charge in [-0.2, -0.15) is 4.98 Å². The van der Waals surface area contributed by atoms with Crippen molar-refractivity contribution < 1.29 is 13.9 Å². The number of anilines is 2. The van der Waals surface area contributed by atoms with Crippen molar-refractivity contribution in [3.8, 4) is 22.8 Å². The Morgan fingerprint density at radius 2 is 1.97 bits per heavy atom. The Bertz CT molecular complexity index is 1230. The van der Waals surface area contributed by atoms with E-state index in [-0.39, 0.29) is 12.1 Å². The summed E-state index contributed by atoms with van der Waals surface area (Å²) in [5.41, 5.74) is 8.63. The maximum atomic E-state index is 6.31. The first-order valence-electron chi connectivity index (χ1n) is 10.8. The second-order valence-corrected chi connectivity index (χ2v) is 7.67. The van der Waals surface area contributed by atoms with E-state index < -0.39 is 0 Å². The number of aromatic nitrogens is 3. The molecule has 1 fully saturated rings. The van der Waals surface area contributed by atoms with Crippen LogP contribution in [-0.4, -0.2) is 40.8 Å². The predicted molar refractivity (Wildman–Crippen MR) is 123 cm³/mol. The average molecular weight is 431 g/mol. The molecule has 1 aliphatic rings. The number of nitrogens with two attached hydrogens (primary N) is 1. The largest absolute Gasteiger partial charge is 0.490 e. The van der Waals surface area contributed by atoms with Crippen LogP contribution in [0, 0.1) is 0 Å². The first kappa shape index (κ1) is 20.1. The second-order valence-electron chi connectivity index (χ2n) is 7.67. The SMILES string of the molecule is CCOc1ccccc1OC1CCCN(c2cncc(-c3cccc4oc(N)nc34)n2)C1. The van der Waals surface area contributed by atoms with Gasteiger partial charge in [0.25, 0.3) is 6.01 Å². The lowest BCUT2D eigenvalue weighted by Gasteiger charge is -2.33. The van der Waals surface area contributed by atoms with Crippen LogP contribution in [0.1, 0.15) is 19.8 Å². The van der Waals surface area contributed by atoms with Gasteiger partial charge < -0.3 is 24.5 Å². The fourth-order valence-electron chi connectivity index (χ4n) is 4.05. The molecule has 1 atom stereocenters. The summed E-state index contributed by atoms with van der Waals surface area (Å²) in [7, 11) is 0. The molecule has 1 saturated heterocycles. The molecular formula is C24H25N5O3. The molecule has 4 aromatic rings. The number of para-hydroxylation sites is 3. The lowest BCUT2D eigenvalue weighted by Crippen LogP contribution is -2.41. The topological polar surface area (TPSA) is 99.5 Å². The van der Waals surface area contributed by atoms with Gasteiger partial charge in [0.05, 0.1) is 31.2 Å². The highest BCUT2D eigenvalue weighted by Crippen LogP contribution is 2.31. The summed E-state index contributed by atoms with van der Waals surface area (Å²) in [5, 5.41) is 0. The molecule has 164 valence electrons. The maximum Gasteiger partial charge on any atom is 0.293 e. The zero-order valence-corrected chi connectivity index (χ0v) is 17.9. The van der Waals surface area contributed by atoms with Crippen LogP contribution in [0.25, 0.3) is 22.4 Å². The average Bonchev–Trinajstić information content (AvgIpc) is 3.21. The number of benzene rings is 2. The number of rotatable bonds is 6. The van der Waals surface area contributed by atoms with Crippen LogP contribution in [0.5, 0.6) is 11.5 Å². The molecule has 8 heteroatoms. The molecule has 0 saturated carbocycles. The predicted octanol–water partition coefficient (Wildman–Crippen LogP) is 4.31. The number of nitrogens with zero attached hydrogens (tertiary/aromatic N) is 4. The van der Waals surface area contributed by atoms with Crippen molar-refractivity contribution in [2.75, 3.05) is 30.3 Å². The summed E-state index contributed by atoms with van der Waals surface area (Å²) in [6.07, 6.45) is 5.54. The molecule has 1 unspecified atom stereocenters. The van der Waals surface area contributed by atoms with E-state index in [2.05, 4.69) is 14.9 Å². The van der Waals surface area contributed by atoms with Crippen LogP contribution in [-0.2, 0) is 0 Å². The number of hydrogen-bond acceptors (Lipinski definition) is 8. The van der Waals surface area contributed by atoms with Gasteiger partial charge in [-0.25, -0.2) is 4.98 Å². The van der Waals surface area contributed by atoms with Crippen molar-refractivity contribution in [3.05, 3.63) is 54.9 Å². The maximum absolute atomic E-state index is 6.31.